The molecule has 3 nitrogen and oxygen atoms in total. The molecule has 2 rings (SSSR count). The molecule has 1 saturated carbocycles. The van der Waals surface area contributed by atoms with Crippen LogP contribution in [-0.4, -0.2) is 24.2 Å². The maximum atomic E-state index is 10.6. The highest BCUT2D eigenvalue weighted by Crippen LogP contribution is 2.29. The first-order valence-electron chi connectivity index (χ1n) is 6.77. The molecule has 0 saturated heterocycles. The van der Waals surface area contributed by atoms with E-state index in [2.05, 4.69) is 17.0 Å². The molecule has 0 unspecified atom stereocenters. The van der Waals surface area contributed by atoms with E-state index in [0.717, 1.165) is 25.4 Å². The molecule has 0 aromatic heterocycles. The lowest BCUT2D eigenvalue weighted by Gasteiger charge is -2.33. The first-order chi connectivity index (χ1) is 8.75. The second kappa shape index (κ2) is 6.43. The first-order valence-corrected chi connectivity index (χ1v) is 6.77. The van der Waals surface area contributed by atoms with Gasteiger partial charge in [0.2, 0.25) is 0 Å². The molecule has 0 radical (unpaired) electrons. The van der Waals surface area contributed by atoms with E-state index >= 15 is 0 Å². The summed E-state index contributed by atoms with van der Waals surface area (Å²) in [7, 11) is 0. The summed E-state index contributed by atoms with van der Waals surface area (Å²) in [6.45, 7) is 1.91. The second-order valence-electron chi connectivity index (χ2n) is 5.08. The van der Waals surface area contributed by atoms with E-state index in [9.17, 15) is 4.79 Å². The van der Waals surface area contributed by atoms with Gasteiger partial charge in [-0.2, -0.15) is 0 Å². The number of benzene rings is 1. The van der Waals surface area contributed by atoms with Gasteiger partial charge in [-0.05, 0) is 37.3 Å². The van der Waals surface area contributed by atoms with Crippen molar-refractivity contribution in [1.82, 2.24) is 0 Å². The number of hydrogen-bond acceptors (Lipinski definition) is 2. The zero-order valence-electron chi connectivity index (χ0n) is 10.7. The Morgan fingerprint density at radius 3 is 2.56 bits per heavy atom. The third-order valence-electron chi connectivity index (χ3n) is 3.64. The van der Waals surface area contributed by atoms with Crippen molar-refractivity contribution in [2.45, 2.75) is 32.1 Å². The molecule has 1 fully saturated rings. The Balaban J connectivity index is 1.91. The van der Waals surface area contributed by atoms with E-state index in [1.807, 2.05) is 18.2 Å². The van der Waals surface area contributed by atoms with Crippen LogP contribution in [0.3, 0.4) is 0 Å². The number of nitrogens with zero attached hydrogens (tertiary/aromatic N) is 1. The molecule has 1 aliphatic carbocycles. The summed E-state index contributed by atoms with van der Waals surface area (Å²) in [5.41, 5.74) is 1.22. The van der Waals surface area contributed by atoms with Crippen molar-refractivity contribution in [1.29, 1.82) is 0 Å². The van der Waals surface area contributed by atoms with E-state index in [0.29, 0.717) is 0 Å². The van der Waals surface area contributed by atoms with Crippen molar-refractivity contribution in [3.8, 4) is 0 Å². The summed E-state index contributed by atoms with van der Waals surface area (Å²) in [6.07, 6.45) is 4.97. The zero-order valence-corrected chi connectivity index (χ0v) is 10.7. The van der Waals surface area contributed by atoms with E-state index < -0.39 is 5.97 Å². The molecule has 0 bridgehead atoms. The van der Waals surface area contributed by atoms with Gasteiger partial charge in [-0.15, -0.1) is 0 Å². The Morgan fingerprint density at radius 2 is 2.00 bits per heavy atom. The topological polar surface area (TPSA) is 40.5 Å². The van der Waals surface area contributed by atoms with Crippen LogP contribution in [0.1, 0.15) is 32.1 Å². The van der Waals surface area contributed by atoms with Gasteiger partial charge in [0.05, 0.1) is 0 Å². The average molecular weight is 247 g/mol. The van der Waals surface area contributed by atoms with Gasteiger partial charge in [0, 0.05) is 25.2 Å². The van der Waals surface area contributed by atoms with E-state index in [1.54, 1.807) is 0 Å². The van der Waals surface area contributed by atoms with Crippen LogP contribution in [-0.2, 0) is 4.79 Å². The van der Waals surface area contributed by atoms with Gasteiger partial charge in [-0.25, -0.2) is 0 Å². The predicted octanol–water partition coefficient (Wildman–Crippen LogP) is 3.16. The van der Waals surface area contributed by atoms with Crippen molar-refractivity contribution in [3.05, 3.63) is 30.3 Å². The molecule has 18 heavy (non-hydrogen) atoms. The minimum atomic E-state index is -0.702. The van der Waals surface area contributed by atoms with Crippen LogP contribution in [0, 0.1) is 5.92 Å². The Morgan fingerprint density at radius 1 is 1.28 bits per heavy atom. The zero-order chi connectivity index (χ0) is 12.8. The standard InChI is InChI=1S/C15H21NO2/c17-15(18)10-5-11-16(12-13-6-4-7-13)14-8-2-1-3-9-14/h1-3,8-9,13H,4-7,10-12H2,(H,17,18). The number of carboxylic acid groups (broad SMARTS) is 1. The van der Waals surface area contributed by atoms with Gasteiger partial charge in [0.15, 0.2) is 0 Å². The van der Waals surface area contributed by atoms with Crippen LogP contribution in [0.25, 0.3) is 0 Å². The smallest absolute Gasteiger partial charge is 0.303 e. The molecule has 3 heteroatoms. The molecule has 1 N–H and O–H groups in total. The summed E-state index contributed by atoms with van der Waals surface area (Å²) in [6, 6.07) is 10.3. The minimum Gasteiger partial charge on any atom is -0.481 e. The van der Waals surface area contributed by atoms with Gasteiger partial charge < -0.3 is 10.0 Å². The van der Waals surface area contributed by atoms with Crippen LogP contribution in [0.4, 0.5) is 5.69 Å². The van der Waals surface area contributed by atoms with Gasteiger partial charge in [-0.3, -0.25) is 4.79 Å². The number of carboxylic acids is 1. The molecule has 0 heterocycles. The van der Waals surface area contributed by atoms with E-state index in [4.69, 9.17) is 5.11 Å². The highest BCUT2D eigenvalue weighted by atomic mass is 16.4. The average Bonchev–Trinajstić information content (AvgIpc) is 2.32. The third-order valence-corrected chi connectivity index (χ3v) is 3.64. The van der Waals surface area contributed by atoms with Gasteiger partial charge in [-0.1, -0.05) is 24.6 Å². The van der Waals surface area contributed by atoms with Gasteiger partial charge in [0.25, 0.3) is 0 Å². The monoisotopic (exact) mass is 247 g/mol. The van der Waals surface area contributed by atoms with Crippen LogP contribution >= 0.6 is 0 Å². The van der Waals surface area contributed by atoms with Gasteiger partial charge in [0.1, 0.15) is 0 Å². The highest BCUT2D eigenvalue weighted by Gasteiger charge is 2.20. The Bertz CT molecular complexity index is 373. The van der Waals surface area contributed by atoms with Crippen molar-refractivity contribution in [3.63, 3.8) is 0 Å². The first kappa shape index (κ1) is 12.9. The summed E-state index contributed by atoms with van der Waals surface area (Å²) in [5.74, 6) is 0.0988. The lowest BCUT2D eigenvalue weighted by atomic mass is 9.85. The number of para-hydroxylation sites is 1. The number of carbonyl (C=O) groups is 1. The highest BCUT2D eigenvalue weighted by molar-refractivity contribution is 5.66. The molecule has 0 atom stereocenters. The Labute approximate surface area is 108 Å². The van der Waals surface area contributed by atoms with E-state index in [-0.39, 0.29) is 6.42 Å². The summed E-state index contributed by atoms with van der Waals surface area (Å²) >= 11 is 0. The fraction of sp³-hybridized carbons (Fsp3) is 0.533. The number of anilines is 1. The summed E-state index contributed by atoms with van der Waals surface area (Å²) in [4.78, 5) is 12.9. The predicted molar refractivity (Wildman–Crippen MR) is 72.9 cm³/mol. The van der Waals surface area contributed by atoms with Crippen LogP contribution in [0.2, 0.25) is 0 Å². The maximum absolute atomic E-state index is 10.6. The normalized spacial score (nSPS) is 15.1. The van der Waals surface area contributed by atoms with Gasteiger partial charge >= 0.3 is 5.97 Å². The molecule has 1 aromatic carbocycles. The molecule has 0 amide bonds. The molecule has 98 valence electrons. The Hall–Kier alpha value is -1.51. The minimum absolute atomic E-state index is 0.258. The number of aliphatic carboxylic acids is 1. The SMILES string of the molecule is O=C(O)CCCN(CC1CCC1)c1ccccc1. The van der Waals surface area contributed by atoms with Crippen molar-refractivity contribution in [2.24, 2.45) is 5.92 Å². The molecule has 1 aliphatic rings. The van der Waals surface area contributed by atoms with E-state index in [1.165, 1.54) is 24.9 Å². The summed E-state index contributed by atoms with van der Waals surface area (Å²) < 4.78 is 0. The van der Waals surface area contributed by atoms with Crippen molar-refractivity contribution < 1.29 is 9.90 Å². The third kappa shape index (κ3) is 3.76. The van der Waals surface area contributed by atoms with Crippen LogP contribution in [0.5, 0.6) is 0 Å². The maximum Gasteiger partial charge on any atom is 0.303 e. The van der Waals surface area contributed by atoms with Crippen molar-refractivity contribution >= 4 is 11.7 Å². The van der Waals surface area contributed by atoms with Crippen LogP contribution < -0.4 is 4.90 Å². The quantitative estimate of drug-likeness (QED) is 0.804. The second-order valence-corrected chi connectivity index (χ2v) is 5.08. The molecular formula is C15H21NO2. The molecule has 0 aliphatic heterocycles. The fourth-order valence-corrected chi connectivity index (χ4v) is 2.37. The van der Waals surface area contributed by atoms with Crippen molar-refractivity contribution in [2.75, 3.05) is 18.0 Å². The summed E-state index contributed by atoms with van der Waals surface area (Å²) in [5, 5.41) is 8.72. The Kier molecular flexibility index (Phi) is 4.62. The van der Waals surface area contributed by atoms with Crippen LogP contribution in [0.15, 0.2) is 30.3 Å². The number of hydrogen-bond donors (Lipinski definition) is 1. The molecular weight excluding hydrogens is 226 g/mol. The lowest BCUT2D eigenvalue weighted by Crippen LogP contribution is -2.33. The largest absolute Gasteiger partial charge is 0.481 e. The lowest BCUT2D eigenvalue weighted by molar-refractivity contribution is -0.137. The fourth-order valence-electron chi connectivity index (χ4n) is 2.37. The molecule has 1 aromatic rings. The number of rotatable bonds is 7. The molecule has 0 spiro atoms.